The number of fused-ring (bicyclic) bond motifs is 1. The molecule has 1 aromatic rings. The third-order valence-corrected chi connectivity index (χ3v) is 3.95. The van der Waals surface area contributed by atoms with Gasteiger partial charge in [-0.05, 0) is 30.0 Å². The summed E-state index contributed by atoms with van der Waals surface area (Å²) in [6.07, 6.45) is 1.90. The first-order valence-electron chi connectivity index (χ1n) is 6.18. The molecule has 0 spiro atoms. The van der Waals surface area contributed by atoms with E-state index in [0.717, 1.165) is 16.8 Å². The summed E-state index contributed by atoms with van der Waals surface area (Å²) < 4.78 is 26.8. The summed E-state index contributed by atoms with van der Waals surface area (Å²) in [6.45, 7) is 2.33. The Morgan fingerprint density at radius 2 is 2.00 bits per heavy atom. The van der Waals surface area contributed by atoms with Crippen LogP contribution in [-0.4, -0.2) is 22.7 Å². The van der Waals surface area contributed by atoms with Gasteiger partial charge in [0.15, 0.2) is 5.17 Å². The second-order valence-corrected chi connectivity index (χ2v) is 5.61. The van der Waals surface area contributed by atoms with Gasteiger partial charge in [-0.2, -0.15) is 0 Å². The van der Waals surface area contributed by atoms with Gasteiger partial charge in [-0.3, -0.25) is 0 Å². The van der Waals surface area contributed by atoms with Crippen molar-refractivity contribution in [3.8, 4) is 0 Å². The van der Waals surface area contributed by atoms with Crippen LogP contribution in [0.15, 0.2) is 40.5 Å². The van der Waals surface area contributed by atoms with Crippen LogP contribution in [0.25, 0.3) is 5.57 Å². The highest BCUT2D eigenvalue weighted by molar-refractivity contribution is 8.16. The van der Waals surface area contributed by atoms with Crippen molar-refractivity contribution in [3.05, 3.63) is 52.7 Å². The molecule has 2 heterocycles. The highest BCUT2D eigenvalue weighted by Crippen LogP contribution is 2.33. The first kappa shape index (κ1) is 13.3. The van der Waals surface area contributed by atoms with E-state index in [0.29, 0.717) is 17.8 Å². The molecule has 2 aliphatic rings. The summed E-state index contributed by atoms with van der Waals surface area (Å²) >= 11 is 1.51. The van der Waals surface area contributed by atoms with Crippen LogP contribution in [0.4, 0.5) is 8.78 Å². The van der Waals surface area contributed by atoms with Gasteiger partial charge >= 0.3 is 0 Å². The molecule has 0 saturated heterocycles. The van der Waals surface area contributed by atoms with Crippen molar-refractivity contribution >= 4 is 22.5 Å². The Morgan fingerprint density at radius 1 is 1.30 bits per heavy atom. The predicted molar refractivity (Wildman–Crippen MR) is 77.8 cm³/mol. The van der Waals surface area contributed by atoms with Crippen LogP contribution < -0.4 is 5.73 Å². The number of benzene rings is 1. The van der Waals surface area contributed by atoms with Gasteiger partial charge in [0.05, 0.1) is 12.2 Å². The lowest BCUT2D eigenvalue weighted by atomic mass is 9.99. The fourth-order valence-corrected chi connectivity index (χ4v) is 3.01. The van der Waals surface area contributed by atoms with E-state index in [4.69, 9.17) is 5.73 Å². The van der Waals surface area contributed by atoms with Crippen molar-refractivity contribution in [1.82, 2.24) is 4.90 Å². The van der Waals surface area contributed by atoms with Crippen LogP contribution in [0, 0.1) is 11.6 Å². The van der Waals surface area contributed by atoms with Gasteiger partial charge in [-0.25, -0.2) is 13.8 Å². The highest BCUT2D eigenvalue weighted by Gasteiger charge is 2.26. The summed E-state index contributed by atoms with van der Waals surface area (Å²) in [4.78, 5) is 6.45. The lowest BCUT2D eigenvalue weighted by Crippen LogP contribution is -2.31. The summed E-state index contributed by atoms with van der Waals surface area (Å²) in [5.41, 5.74) is 7.88. The molecule has 1 atom stereocenters. The van der Waals surface area contributed by atoms with Crippen molar-refractivity contribution in [3.63, 3.8) is 0 Å². The lowest BCUT2D eigenvalue weighted by Gasteiger charge is -2.27. The van der Waals surface area contributed by atoms with Crippen molar-refractivity contribution in [2.24, 2.45) is 10.7 Å². The molecule has 3 nitrogen and oxygen atoms in total. The number of halogens is 2. The SMILES string of the molecule is CC(N)C1=C(c2cc(F)cc(F)c2)CN2C=CSC2=N1. The van der Waals surface area contributed by atoms with E-state index < -0.39 is 11.6 Å². The second-order valence-electron chi connectivity index (χ2n) is 4.74. The lowest BCUT2D eigenvalue weighted by molar-refractivity contribution is 0.580. The molecule has 1 unspecified atom stereocenters. The van der Waals surface area contributed by atoms with Crippen molar-refractivity contribution in [2.45, 2.75) is 13.0 Å². The van der Waals surface area contributed by atoms with E-state index >= 15 is 0 Å². The Labute approximate surface area is 119 Å². The van der Waals surface area contributed by atoms with Crippen LogP contribution in [-0.2, 0) is 0 Å². The monoisotopic (exact) mass is 293 g/mol. The molecule has 0 bridgehead atoms. The zero-order valence-electron chi connectivity index (χ0n) is 10.8. The minimum absolute atomic E-state index is 0.299. The van der Waals surface area contributed by atoms with Crippen LogP contribution >= 0.6 is 11.8 Å². The fraction of sp³-hybridized carbons (Fsp3) is 0.214. The average Bonchev–Trinajstić information content (AvgIpc) is 2.83. The number of nitrogens with zero attached hydrogens (tertiary/aromatic N) is 2. The molecule has 0 amide bonds. The number of thioether (sulfide) groups is 1. The molecule has 0 saturated carbocycles. The quantitative estimate of drug-likeness (QED) is 0.911. The van der Waals surface area contributed by atoms with Crippen molar-refractivity contribution in [1.29, 1.82) is 0 Å². The first-order chi connectivity index (χ1) is 9.54. The minimum atomic E-state index is -0.599. The van der Waals surface area contributed by atoms with Crippen LogP contribution in [0.2, 0.25) is 0 Å². The van der Waals surface area contributed by atoms with E-state index in [9.17, 15) is 8.78 Å². The number of amidine groups is 1. The van der Waals surface area contributed by atoms with Gasteiger partial charge in [-0.1, -0.05) is 11.8 Å². The number of aliphatic imine (C=N–C) groups is 1. The molecule has 0 aliphatic carbocycles. The standard InChI is InChI=1S/C14H13F2N3S/c1-8(17)13-12(7-19-2-3-20-14(19)18-13)9-4-10(15)6-11(16)5-9/h2-6,8H,7,17H2,1H3. The molecule has 0 aromatic heterocycles. The maximum Gasteiger partial charge on any atom is 0.172 e. The van der Waals surface area contributed by atoms with Crippen molar-refractivity contribution < 1.29 is 8.78 Å². The third kappa shape index (κ3) is 2.36. The van der Waals surface area contributed by atoms with E-state index in [1.165, 1.54) is 23.9 Å². The number of rotatable bonds is 2. The Balaban J connectivity index is 2.12. The van der Waals surface area contributed by atoms with E-state index in [2.05, 4.69) is 4.99 Å². The Kier molecular flexibility index (Phi) is 3.35. The van der Waals surface area contributed by atoms with Gasteiger partial charge < -0.3 is 10.6 Å². The van der Waals surface area contributed by atoms with Crippen LogP contribution in [0.5, 0.6) is 0 Å². The van der Waals surface area contributed by atoms with Gasteiger partial charge in [0.1, 0.15) is 11.6 Å². The van der Waals surface area contributed by atoms with Crippen LogP contribution in [0.3, 0.4) is 0 Å². The number of hydrogen-bond donors (Lipinski definition) is 1. The third-order valence-electron chi connectivity index (χ3n) is 3.16. The first-order valence-corrected chi connectivity index (χ1v) is 7.06. The molecule has 0 radical (unpaired) electrons. The van der Waals surface area contributed by atoms with Crippen molar-refractivity contribution in [2.75, 3.05) is 6.54 Å². The zero-order valence-corrected chi connectivity index (χ0v) is 11.6. The molecule has 3 rings (SSSR count). The molecule has 2 aliphatic heterocycles. The summed E-state index contributed by atoms with van der Waals surface area (Å²) in [5.74, 6) is -1.20. The molecule has 1 aromatic carbocycles. The number of hydrogen-bond acceptors (Lipinski definition) is 4. The van der Waals surface area contributed by atoms with Gasteiger partial charge in [0.2, 0.25) is 0 Å². The summed E-state index contributed by atoms with van der Waals surface area (Å²) in [7, 11) is 0. The molecule has 6 heteroatoms. The largest absolute Gasteiger partial charge is 0.323 e. The molecule has 2 N–H and O–H groups in total. The fourth-order valence-electron chi connectivity index (χ4n) is 2.27. The van der Waals surface area contributed by atoms with E-state index in [1.54, 1.807) is 0 Å². The maximum absolute atomic E-state index is 13.4. The molecular formula is C14H13F2N3S. The van der Waals surface area contributed by atoms with E-state index in [1.807, 2.05) is 23.4 Å². The van der Waals surface area contributed by atoms with E-state index in [-0.39, 0.29) is 6.04 Å². The predicted octanol–water partition coefficient (Wildman–Crippen LogP) is 2.91. The normalized spacial score (nSPS) is 19.2. The Morgan fingerprint density at radius 3 is 2.65 bits per heavy atom. The summed E-state index contributed by atoms with van der Waals surface area (Å²) in [5, 5.41) is 2.77. The topological polar surface area (TPSA) is 41.6 Å². The minimum Gasteiger partial charge on any atom is -0.323 e. The number of nitrogens with two attached hydrogens (primary N) is 1. The second kappa shape index (κ2) is 5.03. The van der Waals surface area contributed by atoms with Gasteiger partial charge in [0, 0.05) is 23.9 Å². The maximum atomic E-state index is 13.4. The highest BCUT2D eigenvalue weighted by atomic mass is 32.2. The van der Waals surface area contributed by atoms with Gasteiger partial charge in [0.25, 0.3) is 0 Å². The Bertz CT molecular complexity index is 630. The molecule has 20 heavy (non-hydrogen) atoms. The average molecular weight is 293 g/mol. The molecular weight excluding hydrogens is 280 g/mol. The smallest absolute Gasteiger partial charge is 0.172 e. The van der Waals surface area contributed by atoms with Crippen LogP contribution in [0.1, 0.15) is 12.5 Å². The Hall–Kier alpha value is -1.66. The zero-order chi connectivity index (χ0) is 14.3. The molecule has 104 valence electrons. The van der Waals surface area contributed by atoms with Gasteiger partial charge in [-0.15, -0.1) is 0 Å². The summed E-state index contributed by atoms with van der Waals surface area (Å²) in [6, 6.07) is 3.19. The molecule has 0 fully saturated rings.